The van der Waals surface area contributed by atoms with Crippen LogP contribution in [0.2, 0.25) is 0 Å². The van der Waals surface area contributed by atoms with E-state index < -0.39 is 23.6 Å². The summed E-state index contributed by atoms with van der Waals surface area (Å²) in [6.07, 6.45) is -4.83. The SMILES string of the molecule is COC(=O)C(C#N)Cc1ccccc1C(F)(F)F. The topological polar surface area (TPSA) is 50.1 Å². The molecule has 1 unspecified atom stereocenters. The van der Waals surface area contributed by atoms with Crippen molar-refractivity contribution in [1.29, 1.82) is 5.26 Å². The molecule has 0 amide bonds. The van der Waals surface area contributed by atoms with Gasteiger partial charge in [-0.3, -0.25) is 4.79 Å². The molecule has 0 aliphatic heterocycles. The van der Waals surface area contributed by atoms with E-state index in [4.69, 9.17) is 5.26 Å². The summed E-state index contributed by atoms with van der Waals surface area (Å²) in [5.74, 6) is -2.08. The summed E-state index contributed by atoms with van der Waals surface area (Å²) in [5.41, 5.74) is -0.934. The fourth-order valence-corrected chi connectivity index (χ4v) is 1.52. The molecule has 0 heterocycles. The zero-order chi connectivity index (χ0) is 13.8. The van der Waals surface area contributed by atoms with Gasteiger partial charge in [-0.25, -0.2) is 0 Å². The second-order valence-corrected chi connectivity index (χ2v) is 3.56. The highest BCUT2D eigenvalue weighted by molar-refractivity contribution is 5.75. The standard InChI is InChI=1S/C12H10F3NO2/c1-18-11(17)9(7-16)6-8-4-2-3-5-10(8)12(13,14)15/h2-5,9H,6H2,1H3. The molecule has 0 saturated heterocycles. The highest BCUT2D eigenvalue weighted by Crippen LogP contribution is 2.32. The summed E-state index contributed by atoms with van der Waals surface area (Å²) in [4.78, 5) is 11.2. The summed E-state index contributed by atoms with van der Waals surface area (Å²) >= 11 is 0. The van der Waals surface area contributed by atoms with Crippen LogP contribution in [0.3, 0.4) is 0 Å². The number of carbonyl (C=O) groups is 1. The van der Waals surface area contributed by atoms with Crippen LogP contribution in [0, 0.1) is 17.2 Å². The summed E-state index contributed by atoms with van der Waals surface area (Å²) in [5, 5.41) is 8.75. The smallest absolute Gasteiger partial charge is 0.416 e. The quantitative estimate of drug-likeness (QED) is 0.782. The first-order valence-electron chi connectivity index (χ1n) is 5.02. The maximum atomic E-state index is 12.7. The number of hydrogen-bond acceptors (Lipinski definition) is 3. The molecule has 1 rings (SSSR count). The Morgan fingerprint density at radius 3 is 2.56 bits per heavy atom. The number of halogens is 3. The van der Waals surface area contributed by atoms with Gasteiger partial charge in [-0.1, -0.05) is 18.2 Å². The van der Waals surface area contributed by atoms with Gasteiger partial charge in [0.1, 0.15) is 5.92 Å². The molecule has 0 spiro atoms. The molecule has 1 aromatic rings. The van der Waals surface area contributed by atoms with E-state index in [1.54, 1.807) is 6.07 Å². The molecular weight excluding hydrogens is 247 g/mol. The Labute approximate surface area is 102 Å². The van der Waals surface area contributed by atoms with E-state index in [1.165, 1.54) is 18.2 Å². The van der Waals surface area contributed by atoms with Crippen molar-refractivity contribution in [2.24, 2.45) is 5.92 Å². The molecule has 0 saturated carbocycles. The van der Waals surface area contributed by atoms with Gasteiger partial charge in [-0.2, -0.15) is 18.4 Å². The van der Waals surface area contributed by atoms with Crippen molar-refractivity contribution >= 4 is 5.97 Å². The predicted octanol–water partition coefficient (Wildman–Crippen LogP) is 2.56. The molecule has 1 atom stereocenters. The van der Waals surface area contributed by atoms with E-state index in [9.17, 15) is 18.0 Å². The summed E-state index contributed by atoms with van der Waals surface area (Å²) in [6.45, 7) is 0. The van der Waals surface area contributed by atoms with Crippen LogP contribution in [0.1, 0.15) is 11.1 Å². The Kier molecular flexibility index (Phi) is 4.32. The number of nitrogens with zero attached hydrogens (tertiary/aromatic N) is 1. The molecule has 0 aromatic heterocycles. The zero-order valence-corrected chi connectivity index (χ0v) is 9.49. The number of carbonyl (C=O) groups excluding carboxylic acids is 1. The van der Waals surface area contributed by atoms with Gasteiger partial charge in [0.05, 0.1) is 18.7 Å². The molecule has 0 fully saturated rings. The van der Waals surface area contributed by atoms with Gasteiger partial charge in [0.15, 0.2) is 0 Å². The fraction of sp³-hybridized carbons (Fsp3) is 0.333. The van der Waals surface area contributed by atoms with Gasteiger partial charge < -0.3 is 4.74 Å². The average Bonchev–Trinajstić information content (AvgIpc) is 2.34. The second-order valence-electron chi connectivity index (χ2n) is 3.56. The Balaban J connectivity index is 3.05. The van der Waals surface area contributed by atoms with Gasteiger partial charge in [0.25, 0.3) is 0 Å². The molecule has 6 heteroatoms. The van der Waals surface area contributed by atoms with Crippen molar-refractivity contribution in [3.05, 3.63) is 35.4 Å². The van der Waals surface area contributed by atoms with Crippen LogP contribution < -0.4 is 0 Å². The highest BCUT2D eigenvalue weighted by atomic mass is 19.4. The lowest BCUT2D eigenvalue weighted by Gasteiger charge is -2.14. The highest BCUT2D eigenvalue weighted by Gasteiger charge is 2.34. The first kappa shape index (κ1) is 14.0. The molecule has 0 bridgehead atoms. The lowest BCUT2D eigenvalue weighted by molar-refractivity contribution is -0.144. The predicted molar refractivity (Wildman–Crippen MR) is 56.3 cm³/mol. The maximum Gasteiger partial charge on any atom is 0.416 e. The minimum atomic E-state index is -4.51. The normalized spacial score (nSPS) is 12.6. The van der Waals surface area contributed by atoms with Crippen LogP contribution in [-0.2, 0) is 22.1 Å². The number of ether oxygens (including phenoxy) is 1. The number of rotatable bonds is 3. The van der Waals surface area contributed by atoms with Crippen LogP contribution >= 0.6 is 0 Å². The van der Waals surface area contributed by atoms with Gasteiger partial charge in [0, 0.05) is 0 Å². The van der Waals surface area contributed by atoms with Gasteiger partial charge in [0.2, 0.25) is 0 Å². The van der Waals surface area contributed by atoms with Crippen LogP contribution in [-0.4, -0.2) is 13.1 Å². The number of nitriles is 1. The van der Waals surface area contributed by atoms with Crippen molar-refractivity contribution in [3.63, 3.8) is 0 Å². The van der Waals surface area contributed by atoms with E-state index in [1.807, 2.05) is 0 Å². The van der Waals surface area contributed by atoms with Crippen LogP contribution in [0.5, 0.6) is 0 Å². The number of benzene rings is 1. The van der Waals surface area contributed by atoms with Crippen molar-refractivity contribution in [2.75, 3.05) is 7.11 Å². The van der Waals surface area contributed by atoms with Gasteiger partial charge in [-0.05, 0) is 18.1 Å². The molecule has 96 valence electrons. The summed E-state index contributed by atoms with van der Waals surface area (Å²) in [7, 11) is 1.09. The Morgan fingerprint density at radius 2 is 2.06 bits per heavy atom. The van der Waals surface area contributed by atoms with E-state index in [-0.39, 0.29) is 12.0 Å². The lowest BCUT2D eigenvalue weighted by atomic mass is 9.96. The first-order valence-corrected chi connectivity index (χ1v) is 5.02. The largest absolute Gasteiger partial charge is 0.468 e. The van der Waals surface area contributed by atoms with Crippen LogP contribution in [0.4, 0.5) is 13.2 Å². The van der Waals surface area contributed by atoms with Crippen molar-refractivity contribution < 1.29 is 22.7 Å². The van der Waals surface area contributed by atoms with Gasteiger partial charge >= 0.3 is 12.1 Å². The molecule has 0 aliphatic carbocycles. The zero-order valence-electron chi connectivity index (χ0n) is 9.49. The van der Waals surface area contributed by atoms with Gasteiger partial charge in [-0.15, -0.1) is 0 Å². The van der Waals surface area contributed by atoms with Crippen LogP contribution in [0.15, 0.2) is 24.3 Å². The fourth-order valence-electron chi connectivity index (χ4n) is 1.52. The average molecular weight is 257 g/mol. The molecule has 0 aliphatic rings. The van der Waals surface area contributed by atoms with Crippen LogP contribution in [0.25, 0.3) is 0 Å². The Hall–Kier alpha value is -2.03. The molecule has 3 nitrogen and oxygen atoms in total. The Morgan fingerprint density at radius 1 is 1.44 bits per heavy atom. The molecule has 1 aromatic carbocycles. The maximum absolute atomic E-state index is 12.7. The van der Waals surface area contributed by atoms with E-state index in [0.29, 0.717) is 0 Å². The molecule has 0 N–H and O–H groups in total. The van der Waals surface area contributed by atoms with E-state index >= 15 is 0 Å². The third-order valence-corrected chi connectivity index (χ3v) is 2.39. The monoisotopic (exact) mass is 257 g/mol. The number of esters is 1. The van der Waals surface area contributed by atoms with E-state index in [0.717, 1.165) is 13.2 Å². The van der Waals surface area contributed by atoms with Crippen molar-refractivity contribution in [2.45, 2.75) is 12.6 Å². The first-order chi connectivity index (χ1) is 8.40. The molecular formula is C12H10F3NO2. The second kappa shape index (κ2) is 5.54. The summed E-state index contributed by atoms with van der Waals surface area (Å²) in [6, 6.07) is 6.48. The third-order valence-electron chi connectivity index (χ3n) is 2.39. The number of hydrogen-bond donors (Lipinski definition) is 0. The van der Waals surface area contributed by atoms with Crippen molar-refractivity contribution in [1.82, 2.24) is 0 Å². The molecule has 0 radical (unpaired) electrons. The van der Waals surface area contributed by atoms with E-state index in [2.05, 4.69) is 4.74 Å². The minimum Gasteiger partial charge on any atom is -0.468 e. The Bertz CT molecular complexity index is 477. The summed E-state index contributed by atoms with van der Waals surface area (Å²) < 4.78 is 42.4. The lowest BCUT2D eigenvalue weighted by Crippen LogP contribution is -2.19. The molecule has 18 heavy (non-hydrogen) atoms. The number of alkyl halides is 3. The third kappa shape index (κ3) is 3.23. The minimum absolute atomic E-state index is 0.0954. The van der Waals surface area contributed by atoms with Crippen molar-refractivity contribution in [3.8, 4) is 6.07 Å². The number of methoxy groups -OCH3 is 1.